The first-order chi connectivity index (χ1) is 17.1. The SMILES string of the molecule is COc1cccc(CC2c3cc(OC)c(OC)cc3CCN2CCNC(=O)Nc2ccncc2)c1. The standard InChI is InChI=1S/C27H32N4O4/c1-33-22-6-4-5-19(15-22)16-24-23-18-26(35-3)25(34-2)17-20(23)9-13-31(24)14-12-29-27(32)30-21-7-10-28-11-8-21/h4-8,10-11,15,17-18,24H,9,12-14,16H2,1-3H3,(H2,28,29,30,32). The summed E-state index contributed by atoms with van der Waals surface area (Å²) >= 11 is 0. The van der Waals surface area contributed by atoms with Crippen molar-refractivity contribution in [3.63, 3.8) is 0 Å². The van der Waals surface area contributed by atoms with E-state index >= 15 is 0 Å². The number of carbonyl (C=O) groups is 1. The lowest BCUT2D eigenvalue weighted by Crippen LogP contribution is -2.42. The monoisotopic (exact) mass is 476 g/mol. The fourth-order valence-electron chi connectivity index (χ4n) is 4.53. The molecule has 1 aromatic heterocycles. The maximum Gasteiger partial charge on any atom is 0.319 e. The Morgan fingerprint density at radius 1 is 1.03 bits per heavy atom. The van der Waals surface area contributed by atoms with Crippen LogP contribution in [0.1, 0.15) is 22.7 Å². The number of hydrogen-bond donors (Lipinski definition) is 2. The maximum atomic E-state index is 12.3. The van der Waals surface area contributed by atoms with E-state index in [9.17, 15) is 4.79 Å². The van der Waals surface area contributed by atoms with Crippen LogP contribution in [0.3, 0.4) is 0 Å². The molecular formula is C27H32N4O4. The van der Waals surface area contributed by atoms with Crippen LogP contribution >= 0.6 is 0 Å². The molecule has 0 bridgehead atoms. The molecule has 2 N–H and O–H groups in total. The van der Waals surface area contributed by atoms with Gasteiger partial charge in [-0.05, 0) is 65.9 Å². The van der Waals surface area contributed by atoms with Gasteiger partial charge in [0, 0.05) is 43.8 Å². The summed E-state index contributed by atoms with van der Waals surface area (Å²) in [6.07, 6.45) is 5.00. The van der Waals surface area contributed by atoms with E-state index in [1.54, 1.807) is 45.9 Å². The highest BCUT2D eigenvalue weighted by molar-refractivity contribution is 5.89. The van der Waals surface area contributed by atoms with Crippen molar-refractivity contribution < 1.29 is 19.0 Å². The Labute approximate surface area is 206 Å². The lowest BCUT2D eigenvalue weighted by molar-refractivity contribution is 0.183. The van der Waals surface area contributed by atoms with Crippen molar-refractivity contribution in [2.24, 2.45) is 0 Å². The first-order valence-corrected chi connectivity index (χ1v) is 11.7. The summed E-state index contributed by atoms with van der Waals surface area (Å²) in [6, 6.07) is 15.8. The van der Waals surface area contributed by atoms with Crippen molar-refractivity contribution in [3.8, 4) is 17.2 Å². The smallest absolute Gasteiger partial charge is 0.319 e. The number of amides is 2. The average molecular weight is 477 g/mol. The zero-order valence-electron chi connectivity index (χ0n) is 20.4. The number of anilines is 1. The number of aromatic nitrogens is 1. The Kier molecular flexibility index (Phi) is 8.05. The summed E-state index contributed by atoms with van der Waals surface area (Å²) < 4.78 is 16.6. The molecule has 1 aliphatic rings. The summed E-state index contributed by atoms with van der Waals surface area (Å²) in [7, 11) is 5.00. The van der Waals surface area contributed by atoms with Crippen LogP contribution in [0.25, 0.3) is 0 Å². The molecule has 0 saturated carbocycles. The molecule has 1 atom stereocenters. The molecule has 184 valence electrons. The minimum absolute atomic E-state index is 0.121. The number of carbonyl (C=O) groups excluding carboxylic acids is 1. The molecule has 2 aromatic carbocycles. The Hall–Kier alpha value is -3.78. The summed E-state index contributed by atoms with van der Waals surface area (Å²) in [6.45, 7) is 2.12. The van der Waals surface area contributed by atoms with Gasteiger partial charge in [-0.3, -0.25) is 9.88 Å². The van der Waals surface area contributed by atoms with E-state index in [0.717, 1.165) is 36.6 Å². The molecule has 0 aliphatic carbocycles. The molecule has 1 unspecified atom stereocenters. The van der Waals surface area contributed by atoms with Crippen molar-refractivity contribution >= 4 is 11.7 Å². The topological polar surface area (TPSA) is 85.0 Å². The first kappa shape index (κ1) is 24.3. The van der Waals surface area contributed by atoms with Gasteiger partial charge < -0.3 is 24.8 Å². The summed E-state index contributed by atoms with van der Waals surface area (Å²) in [5, 5.41) is 5.80. The molecule has 8 heteroatoms. The van der Waals surface area contributed by atoms with Crippen molar-refractivity contribution in [2.45, 2.75) is 18.9 Å². The number of urea groups is 1. The second-order valence-electron chi connectivity index (χ2n) is 8.38. The molecule has 0 fully saturated rings. The first-order valence-electron chi connectivity index (χ1n) is 11.7. The Morgan fingerprint density at radius 2 is 1.80 bits per heavy atom. The third-order valence-corrected chi connectivity index (χ3v) is 6.30. The fraction of sp³-hybridized carbons (Fsp3) is 0.333. The van der Waals surface area contributed by atoms with Gasteiger partial charge in [-0.25, -0.2) is 4.79 Å². The number of nitrogens with zero attached hydrogens (tertiary/aromatic N) is 2. The van der Waals surface area contributed by atoms with Gasteiger partial charge in [0.1, 0.15) is 5.75 Å². The molecule has 0 spiro atoms. The zero-order chi connectivity index (χ0) is 24.6. The predicted octanol–water partition coefficient (Wildman–Crippen LogP) is 4.07. The molecule has 1 aliphatic heterocycles. The number of nitrogens with one attached hydrogen (secondary N) is 2. The van der Waals surface area contributed by atoms with E-state index in [0.29, 0.717) is 18.8 Å². The predicted molar refractivity (Wildman–Crippen MR) is 136 cm³/mol. The lowest BCUT2D eigenvalue weighted by atomic mass is 9.88. The number of pyridine rings is 1. The van der Waals surface area contributed by atoms with E-state index in [-0.39, 0.29) is 12.1 Å². The molecule has 0 radical (unpaired) electrons. The van der Waals surface area contributed by atoms with Crippen LogP contribution < -0.4 is 24.8 Å². The lowest BCUT2D eigenvalue weighted by Gasteiger charge is -2.38. The number of ether oxygens (including phenoxy) is 3. The quantitative estimate of drug-likeness (QED) is 0.484. The van der Waals surface area contributed by atoms with Crippen LogP contribution in [0.15, 0.2) is 60.9 Å². The third kappa shape index (κ3) is 6.02. The summed E-state index contributed by atoms with van der Waals surface area (Å²) in [5.74, 6) is 2.31. The van der Waals surface area contributed by atoms with Gasteiger partial charge in [-0.15, -0.1) is 0 Å². The van der Waals surface area contributed by atoms with Crippen molar-refractivity contribution in [3.05, 3.63) is 77.6 Å². The fourth-order valence-corrected chi connectivity index (χ4v) is 4.53. The highest BCUT2D eigenvalue weighted by Gasteiger charge is 2.29. The average Bonchev–Trinajstić information content (AvgIpc) is 2.89. The highest BCUT2D eigenvalue weighted by Crippen LogP contribution is 2.39. The number of benzene rings is 2. The van der Waals surface area contributed by atoms with Gasteiger partial charge in [0.25, 0.3) is 0 Å². The summed E-state index contributed by atoms with van der Waals surface area (Å²) in [4.78, 5) is 18.7. The maximum absolute atomic E-state index is 12.3. The highest BCUT2D eigenvalue weighted by atomic mass is 16.5. The van der Waals surface area contributed by atoms with Crippen LogP contribution in [0.2, 0.25) is 0 Å². The van der Waals surface area contributed by atoms with Gasteiger partial charge in [-0.2, -0.15) is 0 Å². The van der Waals surface area contributed by atoms with Gasteiger partial charge >= 0.3 is 6.03 Å². The van der Waals surface area contributed by atoms with Crippen molar-refractivity contribution in [1.29, 1.82) is 0 Å². The molecule has 4 rings (SSSR count). The van der Waals surface area contributed by atoms with E-state index in [1.165, 1.54) is 16.7 Å². The number of fused-ring (bicyclic) bond motifs is 1. The van der Waals surface area contributed by atoms with Gasteiger partial charge in [-0.1, -0.05) is 12.1 Å². The van der Waals surface area contributed by atoms with E-state index in [4.69, 9.17) is 14.2 Å². The Morgan fingerprint density at radius 3 is 2.54 bits per heavy atom. The Balaban J connectivity index is 1.51. The van der Waals surface area contributed by atoms with Gasteiger partial charge in [0.2, 0.25) is 0 Å². The molecule has 2 heterocycles. The third-order valence-electron chi connectivity index (χ3n) is 6.30. The van der Waals surface area contributed by atoms with Gasteiger partial charge in [0.15, 0.2) is 11.5 Å². The second-order valence-corrected chi connectivity index (χ2v) is 8.38. The van der Waals surface area contributed by atoms with E-state index in [2.05, 4.69) is 44.8 Å². The van der Waals surface area contributed by atoms with Crippen LogP contribution in [0.5, 0.6) is 17.2 Å². The molecule has 0 saturated heterocycles. The second kappa shape index (κ2) is 11.6. The molecule has 8 nitrogen and oxygen atoms in total. The van der Waals surface area contributed by atoms with Crippen molar-refractivity contribution in [2.75, 3.05) is 46.3 Å². The number of methoxy groups -OCH3 is 3. The van der Waals surface area contributed by atoms with Gasteiger partial charge in [0.05, 0.1) is 21.3 Å². The summed E-state index contributed by atoms with van der Waals surface area (Å²) in [5.41, 5.74) is 4.37. The molecule has 35 heavy (non-hydrogen) atoms. The van der Waals surface area contributed by atoms with Crippen LogP contribution in [-0.2, 0) is 12.8 Å². The van der Waals surface area contributed by atoms with E-state index < -0.39 is 0 Å². The van der Waals surface area contributed by atoms with E-state index in [1.807, 2.05) is 12.1 Å². The normalized spacial score (nSPS) is 15.1. The minimum Gasteiger partial charge on any atom is -0.497 e. The van der Waals surface area contributed by atoms with Crippen LogP contribution in [-0.4, -0.2) is 56.9 Å². The van der Waals surface area contributed by atoms with Crippen molar-refractivity contribution in [1.82, 2.24) is 15.2 Å². The minimum atomic E-state index is -0.232. The number of rotatable bonds is 9. The molecule has 3 aromatic rings. The van der Waals surface area contributed by atoms with Crippen LogP contribution in [0.4, 0.5) is 10.5 Å². The zero-order valence-corrected chi connectivity index (χ0v) is 20.4. The van der Waals surface area contributed by atoms with Crippen LogP contribution in [0, 0.1) is 0 Å². The number of hydrogen-bond acceptors (Lipinski definition) is 6. The molecule has 2 amide bonds. The molecular weight excluding hydrogens is 444 g/mol. The largest absolute Gasteiger partial charge is 0.497 e. The Bertz CT molecular complexity index is 1140.